The van der Waals surface area contributed by atoms with Gasteiger partial charge in [0.25, 0.3) is 5.91 Å². The molecule has 0 bridgehead atoms. The van der Waals surface area contributed by atoms with Gasteiger partial charge in [0.15, 0.2) is 0 Å². The minimum absolute atomic E-state index is 0.00764. The smallest absolute Gasteiger partial charge is 0.265 e. The number of carbonyl (C=O) groups excluding carboxylic acids is 1. The van der Waals surface area contributed by atoms with Gasteiger partial charge in [0, 0.05) is 38.3 Å². The average Bonchev–Trinajstić information content (AvgIpc) is 2.97. The van der Waals surface area contributed by atoms with E-state index in [9.17, 15) is 4.79 Å². The van der Waals surface area contributed by atoms with E-state index in [2.05, 4.69) is 23.9 Å². The largest absolute Gasteiger partial charge is 0.337 e. The van der Waals surface area contributed by atoms with Crippen molar-refractivity contribution in [1.29, 1.82) is 0 Å². The Bertz CT molecular complexity index is 573. The highest BCUT2D eigenvalue weighted by atomic mass is 32.1. The summed E-state index contributed by atoms with van der Waals surface area (Å²) in [4.78, 5) is 18.9. The molecule has 0 spiro atoms. The van der Waals surface area contributed by atoms with Gasteiger partial charge >= 0.3 is 0 Å². The summed E-state index contributed by atoms with van der Waals surface area (Å²) in [5, 5.41) is 5.10. The molecule has 1 amide bonds. The van der Waals surface area contributed by atoms with Crippen LogP contribution in [0.25, 0.3) is 0 Å². The van der Waals surface area contributed by atoms with E-state index >= 15 is 0 Å². The number of nitrogens with zero attached hydrogens (tertiary/aromatic N) is 4. The van der Waals surface area contributed by atoms with Crippen molar-refractivity contribution in [2.45, 2.75) is 26.3 Å². The molecule has 0 unspecified atom stereocenters. The maximum absolute atomic E-state index is 12.3. The summed E-state index contributed by atoms with van der Waals surface area (Å²) in [6, 6.07) is 0. The Balaban J connectivity index is 2.05. The Morgan fingerprint density at radius 3 is 2.74 bits per heavy atom. The van der Waals surface area contributed by atoms with Crippen LogP contribution in [0.2, 0.25) is 0 Å². The van der Waals surface area contributed by atoms with Crippen molar-refractivity contribution in [2.75, 3.05) is 7.05 Å². The fourth-order valence-electron chi connectivity index (χ4n) is 1.74. The molecular weight excluding hydrogens is 260 g/mol. The van der Waals surface area contributed by atoms with Crippen LogP contribution in [0, 0.1) is 0 Å². The van der Waals surface area contributed by atoms with Crippen LogP contribution >= 0.6 is 11.3 Å². The summed E-state index contributed by atoms with van der Waals surface area (Å²) in [6.07, 6.45) is 5.36. The molecule has 19 heavy (non-hydrogen) atoms. The predicted octanol–water partition coefficient (Wildman–Crippen LogP) is 2.27. The van der Waals surface area contributed by atoms with Crippen molar-refractivity contribution in [1.82, 2.24) is 19.7 Å². The summed E-state index contributed by atoms with van der Waals surface area (Å²) < 4.78 is 1.73. The van der Waals surface area contributed by atoms with Crippen LogP contribution < -0.4 is 0 Å². The van der Waals surface area contributed by atoms with Crippen LogP contribution in [-0.2, 0) is 13.6 Å². The maximum Gasteiger partial charge on any atom is 0.265 e. The summed E-state index contributed by atoms with van der Waals surface area (Å²) in [7, 11) is 3.66. The highest BCUT2D eigenvalue weighted by molar-refractivity contribution is 7.13. The third kappa shape index (κ3) is 3.20. The molecule has 0 N–H and O–H groups in total. The molecule has 0 aliphatic heterocycles. The quantitative estimate of drug-likeness (QED) is 0.862. The first-order valence-electron chi connectivity index (χ1n) is 6.16. The van der Waals surface area contributed by atoms with Gasteiger partial charge in [-0.3, -0.25) is 9.48 Å². The number of thiazole rings is 1. The van der Waals surface area contributed by atoms with Crippen LogP contribution in [0.3, 0.4) is 0 Å². The second-order valence-corrected chi connectivity index (χ2v) is 5.96. The van der Waals surface area contributed by atoms with E-state index in [1.54, 1.807) is 29.0 Å². The SMILES string of the molecule is CC(C)c1ncc(C(=O)N(C)Cc2cnn(C)c2)s1. The molecule has 0 saturated carbocycles. The van der Waals surface area contributed by atoms with Crippen LogP contribution in [0.5, 0.6) is 0 Å². The van der Waals surface area contributed by atoms with E-state index in [1.807, 2.05) is 13.2 Å². The van der Waals surface area contributed by atoms with Crippen molar-refractivity contribution in [3.8, 4) is 0 Å². The molecule has 6 heteroatoms. The third-order valence-electron chi connectivity index (χ3n) is 2.75. The third-order valence-corrected chi connectivity index (χ3v) is 4.04. The number of aromatic nitrogens is 3. The van der Waals surface area contributed by atoms with E-state index in [0.717, 1.165) is 10.6 Å². The first-order valence-corrected chi connectivity index (χ1v) is 6.97. The molecule has 102 valence electrons. The summed E-state index contributed by atoms with van der Waals surface area (Å²) in [5.41, 5.74) is 1.02. The van der Waals surface area contributed by atoms with Gasteiger partial charge in [0.1, 0.15) is 4.88 Å². The number of hydrogen-bond donors (Lipinski definition) is 0. The lowest BCUT2D eigenvalue weighted by Crippen LogP contribution is -2.25. The van der Waals surface area contributed by atoms with Crippen molar-refractivity contribution >= 4 is 17.2 Å². The summed E-state index contributed by atoms with van der Waals surface area (Å²) >= 11 is 1.47. The Morgan fingerprint density at radius 2 is 2.21 bits per heavy atom. The highest BCUT2D eigenvalue weighted by Crippen LogP contribution is 2.22. The average molecular weight is 278 g/mol. The molecule has 0 aliphatic carbocycles. The molecule has 2 aromatic rings. The van der Waals surface area contributed by atoms with Gasteiger partial charge in [0.2, 0.25) is 0 Å². The number of aryl methyl sites for hydroxylation is 1. The second kappa shape index (κ2) is 5.52. The number of amides is 1. The Labute approximate surface area is 116 Å². The van der Waals surface area contributed by atoms with Gasteiger partial charge in [-0.2, -0.15) is 5.10 Å². The van der Waals surface area contributed by atoms with E-state index in [1.165, 1.54) is 11.3 Å². The summed E-state index contributed by atoms with van der Waals surface area (Å²) in [6.45, 7) is 4.71. The predicted molar refractivity (Wildman–Crippen MR) is 75.2 cm³/mol. The Kier molecular flexibility index (Phi) is 3.99. The first-order chi connectivity index (χ1) is 8.97. The van der Waals surface area contributed by atoms with E-state index in [0.29, 0.717) is 17.3 Å². The lowest BCUT2D eigenvalue weighted by molar-refractivity contribution is 0.0789. The molecule has 2 heterocycles. The minimum Gasteiger partial charge on any atom is -0.337 e. The molecule has 5 nitrogen and oxygen atoms in total. The molecule has 2 rings (SSSR count). The number of carbonyl (C=O) groups is 1. The molecule has 0 aromatic carbocycles. The van der Waals surface area contributed by atoms with E-state index < -0.39 is 0 Å². The maximum atomic E-state index is 12.3. The lowest BCUT2D eigenvalue weighted by atomic mass is 10.2. The zero-order chi connectivity index (χ0) is 14.0. The Morgan fingerprint density at radius 1 is 1.47 bits per heavy atom. The Hall–Kier alpha value is -1.69. The van der Waals surface area contributed by atoms with Crippen LogP contribution in [0.4, 0.5) is 0 Å². The number of rotatable bonds is 4. The molecule has 0 aliphatic rings. The standard InChI is InChI=1S/C13H18N4OS/c1-9(2)12-14-6-11(19-12)13(18)16(3)7-10-5-15-17(4)8-10/h5-6,8-9H,7H2,1-4H3. The first kappa shape index (κ1) is 13.7. The topological polar surface area (TPSA) is 51.0 Å². The summed E-state index contributed by atoms with van der Waals surface area (Å²) in [5.74, 6) is 0.364. The number of hydrogen-bond acceptors (Lipinski definition) is 4. The normalized spacial score (nSPS) is 11.0. The van der Waals surface area contributed by atoms with Crippen molar-refractivity contribution in [3.63, 3.8) is 0 Å². The van der Waals surface area contributed by atoms with Gasteiger partial charge in [0.05, 0.1) is 17.4 Å². The second-order valence-electron chi connectivity index (χ2n) is 4.90. The van der Waals surface area contributed by atoms with Gasteiger partial charge in [-0.15, -0.1) is 11.3 Å². The molecular formula is C13H18N4OS. The molecule has 0 atom stereocenters. The van der Waals surface area contributed by atoms with Crippen LogP contribution in [-0.4, -0.2) is 32.6 Å². The van der Waals surface area contributed by atoms with E-state index in [-0.39, 0.29) is 5.91 Å². The van der Waals surface area contributed by atoms with E-state index in [4.69, 9.17) is 0 Å². The zero-order valence-electron chi connectivity index (χ0n) is 11.6. The van der Waals surface area contributed by atoms with Gasteiger partial charge in [-0.1, -0.05) is 13.8 Å². The monoisotopic (exact) mass is 278 g/mol. The fraction of sp³-hybridized carbons (Fsp3) is 0.462. The minimum atomic E-state index is 0.00764. The molecule has 2 aromatic heterocycles. The zero-order valence-corrected chi connectivity index (χ0v) is 12.4. The molecule has 0 fully saturated rings. The van der Waals surface area contributed by atoms with Crippen LogP contribution in [0.15, 0.2) is 18.6 Å². The van der Waals surface area contributed by atoms with Crippen molar-refractivity contribution < 1.29 is 4.79 Å². The van der Waals surface area contributed by atoms with Gasteiger partial charge in [-0.25, -0.2) is 4.98 Å². The van der Waals surface area contributed by atoms with Gasteiger partial charge < -0.3 is 4.90 Å². The highest BCUT2D eigenvalue weighted by Gasteiger charge is 2.16. The fourth-order valence-corrected chi connectivity index (χ4v) is 2.66. The van der Waals surface area contributed by atoms with Gasteiger partial charge in [-0.05, 0) is 0 Å². The lowest BCUT2D eigenvalue weighted by Gasteiger charge is -2.14. The van der Waals surface area contributed by atoms with Crippen molar-refractivity contribution in [2.24, 2.45) is 7.05 Å². The molecule has 0 saturated heterocycles. The molecule has 0 radical (unpaired) electrons. The van der Waals surface area contributed by atoms with Crippen LogP contribution in [0.1, 0.15) is 40.0 Å². The van der Waals surface area contributed by atoms with Crippen molar-refractivity contribution in [3.05, 3.63) is 34.0 Å².